The van der Waals surface area contributed by atoms with E-state index in [1.807, 2.05) is 6.92 Å². The first-order valence-corrected chi connectivity index (χ1v) is 7.63. The Morgan fingerprint density at radius 3 is 2.81 bits per heavy atom. The van der Waals surface area contributed by atoms with Gasteiger partial charge in [-0.1, -0.05) is 6.92 Å². The van der Waals surface area contributed by atoms with Gasteiger partial charge in [0.15, 0.2) is 9.84 Å². The molecule has 1 fully saturated rings. The monoisotopic (exact) mass is 250 g/mol. The number of sulfone groups is 1. The summed E-state index contributed by atoms with van der Waals surface area (Å²) in [5.74, 6) is 0.516. The first kappa shape index (κ1) is 13.9. The zero-order valence-electron chi connectivity index (χ0n) is 9.89. The van der Waals surface area contributed by atoms with Crippen LogP contribution in [0.3, 0.4) is 0 Å². The van der Waals surface area contributed by atoms with Crippen molar-refractivity contribution in [1.29, 1.82) is 0 Å². The highest BCUT2D eigenvalue weighted by molar-refractivity contribution is 7.91. The average molecular weight is 250 g/mol. The van der Waals surface area contributed by atoms with Gasteiger partial charge in [-0.05, 0) is 6.42 Å². The quantitative estimate of drug-likeness (QED) is 0.686. The van der Waals surface area contributed by atoms with Crippen LogP contribution in [0, 0.1) is 0 Å². The smallest absolute Gasteiger partial charge is 0.151 e. The third-order valence-electron chi connectivity index (χ3n) is 2.83. The molecular formula is C10H22N2O3S. The number of nitrogens with zero attached hydrogens (tertiary/aromatic N) is 1. The Bertz CT molecular complexity index is 292. The van der Waals surface area contributed by atoms with E-state index in [9.17, 15) is 8.42 Å². The molecule has 1 heterocycles. The van der Waals surface area contributed by atoms with E-state index in [1.54, 1.807) is 0 Å². The Morgan fingerprint density at radius 1 is 1.44 bits per heavy atom. The van der Waals surface area contributed by atoms with Gasteiger partial charge in [0.2, 0.25) is 0 Å². The number of rotatable bonds is 6. The number of hydrogen-bond donors (Lipinski definition) is 1. The third-order valence-corrected chi connectivity index (χ3v) is 4.66. The zero-order valence-corrected chi connectivity index (χ0v) is 10.7. The van der Waals surface area contributed by atoms with Gasteiger partial charge in [-0.3, -0.25) is 4.90 Å². The molecule has 1 aliphatic heterocycles. The summed E-state index contributed by atoms with van der Waals surface area (Å²) in [5.41, 5.74) is 5.62. The summed E-state index contributed by atoms with van der Waals surface area (Å²) in [5, 5.41) is 0. The minimum absolute atomic E-state index is 0.172. The maximum absolute atomic E-state index is 11.6. The molecule has 0 amide bonds. The molecule has 1 atom stereocenters. The van der Waals surface area contributed by atoms with Gasteiger partial charge in [0.25, 0.3) is 0 Å². The Balaban J connectivity index is 2.41. The molecule has 6 heteroatoms. The van der Waals surface area contributed by atoms with Crippen molar-refractivity contribution in [2.45, 2.75) is 19.4 Å². The largest absolute Gasteiger partial charge is 0.378 e. The van der Waals surface area contributed by atoms with E-state index in [-0.39, 0.29) is 17.5 Å². The summed E-state index contributed by atoms with van der Waals surface area (Å²) in [6.07, 6.45) is 0.686. The molecular weight excluding hydrogens is 228 g/mol. The van der Waals surface area contributed by atoms with Crippen LogP contribution in [0.1, 0.15) is 13.3 Å². The van der Waals surface area contributed by atoms with Gasteiger partial charge in [0, 0.05) is 31.4 Å². The molecule has 16 heavy (non-hydrogen) atoms. The number of ether oxygens (including phenoxy) is 1. The fraction of sp³-hybridized carbons (Fsp3) is 1.00. The van der Waals surface area contributed by atoms with Crippen LogP contribution in [0.15, 0.2) is 0 Å². The van der Waals surface area contributed by atoms with E-state index >= 15 is 0 Å². The van der Waals surface area contributed by atoms with E-state index in [2.05, 4.69) is 4.90 Å². The molecule has 0 aromatic heterocycles. The molecule has 0 aliphatic carbocycles. The van der Waals surface area contributed by atoms with E-state index in [1.165, 1.54) is 0 Å². The van der Waals surface area contributed by atoms with E-state index in [4.69, 9.17) is 10.5 Å². The SMILES string of the molecule is CCCS(=O)(=O)CCN1CCOCC1CN. The summed E-state index contributed by atoms with van der Waals surface area (Å²) in [7, 11) is -2.89. The van der Waals surface area contributed by atoms with Crippen LogP contribution >= 0.6 is 0 Å². The second kappa shape index (κ2) is 6.54. The highest BCUT2D eigenvalue weighted by Crippen LogP contribution is 2.06. The molecule has 96 valence electrons. The lowest BCUT2D eigenvalue weighted by Gasteiger charge is -2.34. The molecule has 1 rings (SSSR count). The highest BCUT2D eigenvalue weighted by Gasteiger charge is 2.23. The normalized spacial score (nSPS) is 23.5. The van der Waals surface area contributed by atoms with Crippen molar-refractivity contribution in [1.82, 2.24) is 4.90 Å². The summed E-state index contributed by atoms with van der Waals surface area (Å²) in [6.45, 7) is 5.05. The fourth-order valence-corrected chi connectivity index (χ4v) is 3.21. The predicted molar refractivity (Wildman–Crippen MR) is 64.2 cm³/mol. The van der Waals surface area contributed by atoms with Gasteiger partial charge in [-0.15, -0.1) is 0 Å². The van der Waals surface area contributed by atoms with Crippen molar-refractivity contribution in [3.8, 4) is 0 Å². The molecule has 5 nitrogen and oxygen atoms in total. The number of morpholine rings is 1. The van der Waals surface area contributed by atoms with Crippen molar-refractivity contribution in [3.63, 3.8) is 0 Å². The van der Waals surface area contributed by atoms with Crippen LogP contribution in [0.2, 0.25) is 0 Å². The van der Waals surface area contributed by atoms with E-state index in [0.717, 1.165) is 6.54 Å². The topological polar surface area (TPSA) is 72.6 Å². The van der Waals surface area contributed by atoms with Gasteiger partial charge in [0.05, 0.1) is 19.0 Å². The van der Waals surface area contributed by atoms with Crippen molar-refractivity contribution in [2.75, 3.05) is 44.4 Å². The second-order valence-electron chi connectivity index (χ2n) is 4.15. The Labute approximate surface area is 97.9 Å². The molecule has 0 aromatic carbocycles. The summed E-state index contributed by atoms with van der Waals surface area (Å²) >= 11 is 0. The van der Waals surface area contributed by atoms with Crippen molar-refractivity contribution >= 4 is 9.84 Å². The molecule has 0 radical (unpaired) electrons. The van der Waals surface area contributed by atoms with Crippen molar-refractivity contribution in [3.05, 3.63) is 0 Å². The third kappa shape index (κ3) is 4.37. The van der Waals surface area contributed by atoms with Crippen LogP contribution in [0.4, 0.5) is 0 Å². The highest BCUT2D eigenvalue weighted by atomic mass is 32.2. The van der Waals surface area contributed by atoms with Crippen LogP contribution in [0.25, 0.3) is 0 Å². The summed E-state index contributed by atoms with van der Waals surface area (Å²) in [4.78, 5) is 2.12. The summed E-state index contributed by atoms with van der Waals surface area (Å²) < 4.78 is 28.5. The van der Waals surface area contributed by atoms with Crippen LogP contribution in [-0.2, 0) is 14.6 Å². The zero-order chi connectivity index (χ0) is 12.0. The minimum atomic E-state index is -2.89. The Hall–Kier alpha value is -0.170. The molecule has 0 saturated carbocycles. The summed E-state index contributed by atoms with van der Waals surface area (Å²) in [6, 6.07) is 0.172. The molecule has 0 bridgehead atoms. The van der Waals surface area contributed by atoms with Crippen LogP contribution in [-0.4, -0.2) is 63.7 Å². The lowest BCUT2D eigenvalue weighted by molar-refractivity contribution is -0.000763. The van der Waals surface area contributed by atoms with E-state index < -0.39 is 9.84 Å². The van der Waals surface area contributed by atoms with Crippen molar-refractivity contribution < 1.29 is 13.2 Å². The maximum Gasteiger partial charge on any atom is 0.151 e. The van der Waals surface area contributed by atoms with Crippen LogP contribution in [0.5, 0.6) is 0 Å². The molecule has 1 saturated heterocycles. The molecule has 1 unspecified atom stereocenters. The number of nitrogens with two attached hydrogens (primary N) is 1. The van der Waals surface area contributed by atoms with Gasteiger partial charge < -0.3 is 10.5 Å². The van der Waals surface area contributed by atoms with Gasteiger partial charge >= 0.3 is 0 Å². The average Bonchev–Trinajstić information content (AvgIpc) is 2.27. The maximum atomic E-state index is 11.6. The molecule has 0 aromatic rings. The Morgan fingerprint density at radius 2 is 2.19 bits per heavy atom. The van der Waals surface area contributed by atoms with Gasteiger partial charge in [0.1, 0.15) is 0 Å². The van der Waals surface area contributed by atoms with E-state index in [0.29, 0.717) is 32.7 Å². The van der Waals surface area contributed by atoms with Crippen molar-refractivity contribution in [2.24, 2.45) is 5.73 Å². The predicted octanol–water partition coefficient (Wildman–Crippen LogP) is -0.529. The first-order valence-electron chi connectivity index (χ1n) is 5.81. The van der Waals surface area contributed by atoms with Gasteiger partial charge in [-0.2, -0.15) is 0 Å². The standard InChI is InChI=1S/C10H22N2O3S/c1-2-6-16(13,14)7-4-12-3-5-15-9-10(12)8-11/h10H,2-9,11H2,1H3. The molecule has 0 spiro atoms. The first-order chi connectivity index (χ1) is 7.59. The van der Waals surface area contributed by atoms with Gasteiger partial charge in [-0.25, -0.2) is 8.42 Å². The Kier molecular flexibility index (Phi) is 5.68. The molecule has 2 N–H and O–H groups in total. The minimum Gasteiger partial charge on any atom is -0.378 e. The lowest BCUT2D eigenvalue weighted by Crippen LogP contribution is -2.50. The fourth-order valence-electron chi connectivity index (χ4n) is 1.87. The number of hydrogen-bond acceptors (Lipinski definition) is 5. The molecule has 1 aliphatic rings. The lowest BCUT2D eigenvalue weighted by atomic mass is 10.2. The van der Waals surface area contributed by atoms with Crippen LogP contribution < -0.4 is 5.73 Å². The second-order valence-corrected chi connectivity index (χ2v) is 6.46.